The molecule has 1 saturated heterocycles. The first-order chi connectivity index (χ1) is 12.7. The maximum absolute atomic E-state index is 9.67. The number of aromatic nitrogens is 2. The Labute approximate surface area is 153 Å². The van der Waals surface area contributed by atoms with E-state index in [1.807, 2.05) is 18.3 Å². The van der Waals surface area contributed by atoms with Crippen LogP contribution in [0.3, 0.4) is 0 Å². The molecule has 2 heterocycles. The third-order valence-electron chi connectivity index (χ3n) is 5.18. The predicted octanol–water partition coefficient (Wildman–Crippen LogP) is 3.24. The van der Waals surface area contributed by atoms with Crippen LogP contribution in [0.4, 0.5) is 0 Å². The van der Waals surface area contributed by atoms with Crippen molar-refractivity contribution in [2.45, 2.75) is 13.0 Å². The molecule has 5 heteroatoms. The van der Waals surface area contributed by atoms with Crippen LogP contribution in [-0.4, -0.2) is 53.2 Å². The van der Waals surface area contributed by atoms with E-state index in [9.17, 15) is 5.26 Å². The summed E-state index contributed by atoms with van der Waals surface area (Å²) in [4.78, 5) is 4.87. The lowest BCUT2D eigenvalue weighted by Crippen LogP contribution is -2.28. The van der Waals surface area contributed by atoms with Gasteiger partial charge < -0.3 is 4.90 Å². The average molecular weight is 345 g/mol. The Balaban J connectivity index is 1.59. The topological polar surface area (TPSA) is 58.9 Å². The van der Waals surface area contributed by atoms with Crippen LogP contribution < -0.4 is 0 Å². The second-order valence-electron chi connectivity index (χ2n) is 7.10. The lowest BCUT2D eigenvalue weighted by atomic mass is 9.97. The largest absolute Gasteiger partial charge is 0.305 e. The van der Waals surface area contributed by atoms with Gasteiger partial charge in [0.25, 0.3) is 0 Å². The van der Waals surface area contributed by atoms with Crippen molar-refractivity contribution in [1.29, 1.82) is 5.26 Å². The second-order valence-corrected chi connectivity index (χ2v) is 7.10. The zero-order valence-corrected chi connectivity index (χ0v) is 15.1. The van der Waals surface area contributed by atoms with Gasteiger partial charge in [-0.3, -0.25) is 10.00 Å². The number of fused-ring (bicyclic) bond motifs is 1. The summed E-state index contributed by atoms with van der Waals surface area (Å²) in [6.45, 7) is 5.37. The predicted molar refractivity (Wildman–Crippen MR) is 104 cm³/mol. The Hall–Kier alpha value is -2.68. The van der Waals surface area contributed by atoms with Crippen molar-refractivity contribution in [3.05, 3.63) is 53.7 Å². The van der Waals surface area contributed by atoms with Crippen LogP contribution in [-0.2, 0) is 6.54 Å². The maximum Gasteiger partial charge on any atom is 0.0998 e. The number of nitriles is 1. The first kappa shape index (κ1) is 16.8. The van der Waals surface area contributed by atoms with E-state index in [1.54, 1.807) is 0 Å². The summed E-state index contributed by atoms with van der Waals surface area (Å²) in [6, 6.07) is 14.8. The molecule has 0 unspecified atom stereocenters. The number of benzene rings is 2. The van der Waals surface area contributed by atoms with Gasteiger partial charge in [0.15, 0.2) is 0 Å². The van der Waals surface area contributed by atoms with Crippen molar-refractivity contribution in [2.75, 3.05) is 33.2 Å². The maximum atomic E-state index is 9.67. The highest BCUT2D eigenvalue weighted by molar-refractivity contribution is 5.85. The van der Waals surface area contributed by atoms with Gasteiger partial charge in [0, 0.05) is 25.0 Å². The second kappa shape index (κ2) is 7.28. The molecule has 0 bridgehead atoms. The quantitative estimate of drug-likeness (QED) is 0.792. The third kappa shape index (κ3) is 3.48. The van der Waals surface area contributed by atoms with Crippen LogP contribution in [0.1, 0.15) is 17.5 Å². The minimum absolute atomic E-state index is 0.730. The first-order valence-electron chi connectivity index (χ1n) is 9.10. The smallest absolute Gasteiger partial charge is 0.0998 e. The summed E-state index contributed by atoms with van der Waals surface area (Å²) in [6.07, 6.45) is 3.01. The van der Waals surface area contributed by atoms with Gasteiger partial charge in [0.1, 0.15) is 0 Å². The standard InChI is InChI=1S/C21H23N5/c1-25-7-2-8-26(10-9-25)15-16-3-6-20(19(11-16)13-22)17-4-5-18-14-23-24-21(18)12-17/h3-6,11-12,14H,2,7-10,15H2,1H3,(H,23,24). The highest BCUT2D eigenvalue weighted by Crippen LogP contribution is 2.27. The van der Waals surface area contributed by atoms with E-state index in [4.69, 9.17) is 0 Å². The third-order valence-corrected chi connectivity index (χ3v) is 5.18. The van der Waals surface area contributed by atoms with E-state index in [-0.39, 0.29) is 0 Å². The molecule has 1 N–H and O–H groups in total. The van der Waals surface area contributed by atoms with Crippen LogP contribution in [0.15, 0.2) is 42.6 Å². The molecule has 132 valence electrons. The van der Waals surface area contributed by atoms with E-state index in [2.05, 4.69) is 57.4 Å². The van der Waals surface area contributed by atoms with Crippen molar-refractivity contribution in [3.63, 3.8) is 0 Å². The fourth-order valence-corrected chi connectivity index (χ4v) is 3.65. The Kier molecular flexibility index (Phi) is 4.70. The summed E-state index contributed by atoms with van der Waals surface area (Å²) in [7, 11) is 2.18. The molecule has 4 rings (SSSR count). The summed E-state index contributed by atoms with van der Waals surface area (Å²) < 4.78 is 0. The SMILES string of the molecule is CN1CCCN(Cc2ccc(-c3ccc4cn[nH]c4c3)c(C#N)c2)CC1. The molecule has 0 amide bonds. The van der Waals surface area contributed by atoms with Gasteiger partial charge in [0.2, 0.25) is 0 Å². The highest BCUT2D eigenvalue weighted by atomic mass is 15.2. The number of hydrogen-bond acceptors (Lipinski definition) is 4. The molecule has 1 aliphatic heterocycles. The average Bonchev–Trinajstić information content (AvgIpc) is 3.04. The molecule has 0 aliphatic carbocycles. The Bertz CT molecular complexity index is 952. The van der Waals surface area contributed by atoms with Crippen LogP contribution >= 0.6 is 0 Å². The number of nitrogens with zero attached hydrogens (tertiary/aromatic N) is 4. The summed E-state index contributed by atoms with van der Waals surface area (Å²) in [5.41, 5.74) is 4.94. The van der Waals surface area contributed by atoms with Gasteiger partial charge in [-0.15, -0.1) is 0 Å². The summed E-state index contributed by atoms with van der Waals surface area (Å²) in [5.74, 6) is 0. The molecular formula is C21H23N5. The number of likely N-dealkylation sites (N-methyl/N-ethyl adjacent to an activating group) is 1. The normalized spacial score (nSPS) is 16.5. The molecule has 0 radical (unpaired) electrons. The van der Waals surface area contributed by atoms with Gasteiger partial charge in [0.05, 0.1) is 23.3 Å². The number of rotatable bonds is 3. The van der Waals surface area contributed by atoms with Crippen LogP contribution in [0.2, 0.25) is 0 Å². The van der Waals surface area contributed by atoms with Crippen molar-refractivity contribution in [3.8, 4) is 17.2 Å². The van der Waals surface area contributed by atoms with Gasteiger partial charge >= 0.3 is 0 Å². The molecule has 5 nitrogen and oxygen atoms in total. The fourth-order valence-electron chi connectivity index (χ4n) is 3.65. The molecule has 3 aromatic rings. The van der Waals surface area contributed by atoms with Crippen molar-refractivity contribution >= 4 is 10.9 Å². The Morgan fingerprint density at radius 1 is 1.12 bits per heavy atom. The molecule has 26 heavy (non-hydrogen) atoms. The molecule has 1 fully saturated rings. The first-order valence-corrected chi connectivity index (χ1v) is 9.10. The van der Waals surface area contributed by atoms with E-state index in [1.165, 1.54) is 12.0 Å². The summed E-state index contributed by atoms with van der Waals surface area (Å²) >= 11 is 0. The minimum atomic E-state index is 0.730. The monoisotopic (exact) mass is 345 g/mol. The molecule has 1 aromatic heterocycles. The van der Waals surface area contributed by atoms with Crippen molar-refractivity contribution in [1.82, 2.24) is 20.0 Å². The molecule has 1 aliphatic rings. The lowest BCUT2D eigenvalue weighted by molar-refractivity contribution is 0.269. The molecule has 0 atom stereocenters. The number of nitrogens with one attached hydrogen (secondary N) is 1. The van der Waals surface area contributed by atoms with Gasteiger partial charge in [-0.05, 0) is 55.4 Å². The van der Waals surface area contributed by atoms with Crippen LogP contribution in [0.25, 0.3) is 22.0 Å². The minimum Gasteiger partial charge on any atom is -0.305 e. The zero-order chi connectivity index (χ0) is 17.9. The zero-order valence-electron chi connectivity index (χ0n) is 15.1. The van der Waals surface area contributed by atoms with Crippen molar-refractivity contribution < 1.29 is 0 Å². The summed E-state index contributed by atoms with van der Waals surface area (Å²) in [5, 5.41) is 17.8. The fraction of sp³-hybridized carbons (Fsp3) is 0.333. The van der Waals surface area contributed by atoms with Crippen molar-refractivity contribution in [2.24, 2.45) is 0 Å². The molecule has 2 aromatic carbocycles. The van der Waals surface area contributed by atoms with E-state index in [0.717, 1.165) is 60.3 Å². The number of H-pyrrole nitrogens is 1. The van der Waals surface area contributed by atoms with E-state index >= 15 is 0 Å². The van der Waals surface area contributed by atoms with Gasteiger partial charge in [-0.2, -0.15) is 10.4 Å². The van der Waals surface area contributed by atoms with Crippen LogP contribution in [0.5, 0.6) is 0 Å². The van der Waals surface area contributed by atoms with E-state index in [0.29, 0.717) is 0 Å². The molecule has 0 saturated carbocycles. The van der Waals surface area contributed by atoms with Gasteiger partial charge in [-0.1, -0.05) is 24.3 Å². The highest BCUT2D eigenvalue weighted by Gasteiger charge is 2.14. The Morgan fingerprint density at radius 3 is 2.92 bits per heavy atom. The lowest BCUT2D eigenvalue weighted by Gasteiger charge is -2.20. The van der Waals surface area contributed by atoms with E-state index < -0.39 is 0 Å². The van der Waals surface area contributed by atoms with Crippen LogP contribution in [0, 0.1) is 11.3 Å². The van der Waals surface area contributed by atoms with Gasteiger partial charge in [-0.25, -0.2) is 0 Å². The number of aromatic amines is 1. The molecular weight excluding hydrogens is 322 g/mol. The molecule has 0 spiro atoms. The Morgan fingerprint density at radius 2 is 2.04 bits per heavy atom. The number of hydrogen-bond donors (Lipinski definition) is 1.